The molecule has 7 heteroatoms. The molecule has 4 nitrogen and oxygen atoms in total. The van der Waals surface area contributed by atoms with Crippen LogP contribution in [0.2, 0.25) is 0 Å². The van der Waals surface area contributed by atoms with Crippen molar-refractivity contribution in [3.63, 3.8) is 0 Å². The maximum Gasteiger partial charge on any atom is 0.412 e. The Morgan fingerprint density at radius 3 is 2.21 bits per heavy atom. The minimum atomic E-state index is -4.31. The number of ketones is 1. The molecule has 0 aromatic carbocycles. The molecule has 0 aromatic rings. The number of carbonyl (C=O) groups is 2. The Hall–Kier alpha value is -2.31. The number of rotatable bonds is 6. The minimum absolute atomic E-state index is 0.0317. The Balaban J connectivity index is 2.01. The molecule has 0 bridgehead atoms. The topological polar surface area (TPSA) is 52.6 Å². The molecule has 0 spiro atoms. The van der Waals surface area contributed by atoms with Crippen molar-refractivity contribution in [1.29, 1.82) is 0 Å². The van der Waals surface area contributed by atoms with E-state index in [1.807, 2.05) is 19.9 Å². The molecule has 184 valence electrons. The number of carbonyl (C=O) groups excluding carboxylic acids is 2. The zero-order valence-corrected chi connectivity index (χ0v) is 20.6. The molecule has 0 amide bonds. The average molecular weight is 469 g/mol. The third kappa shape index (κ3) is 7.61. The highest BCUT2D eigenvalue weighted by Gasteiger charge is 2.37. The van der Waals surface area contributed by atoms with Crippen LogP contribution in [-0.2, 0) is 19.1 Å². The van der Waals surface area contributed by atoms with E-state index in [1.165, 1.54) is 6.08 Å². The van der Waals surface area contributed by atoms with Crippen LogP contribution in [0.1, 0.15) is 74.1 Å². The SMILES string of the molecule is CC1=CC(/C=C/C(=O)C2CC=C(C(F)(F)F)CC2)CC(C)=C1OC(C)(C)C(=O)OC(C)(C)C. The van der Waals surface area contributed by atoms with Crippen molar-refractivity contribution in [2.45, 2.75) is 91.5 Å². The maximum atomic E-state index is 12.8. The fraction of sp³-hybridized carbons (Fsp3) is 0.615. The summed E-state index contributed by atoms with van der Waals surface area (Å²) in [6.45, 7) is 12.5. The summed E-state index contributed by atoms with van der Waals surface area (Å²) < 4.78 is 49.8. The standard InChI is InChI=1S/C26H35F3O4/c1-16-14-18(8-13-21(30)19-9-11-20(12-10-19)26(27,28)29)15-17(2)22(16)32-25(6,7)23(31)33-24(3,4)5/h8,11,13-14,18-19H,9-10,12,15H2,1-7H3/b13-8+. The molecule has 2 aliphatic carbocycles. The summed E-state index contributed by atoms with van der Waals surface area (Å²) >= 11 is 0. The smallest absolute Gasteiger partial charge is 0.412 e. The summed E-state index contributed by atoms with van der Waals surface area (Å²) in [6, 6.07) is 0. The molecule has 0 N–H and O–H groups in total. The molecular weight excluding hydrogens is 433 g/mol. The number of ether oxygens (including phenoxy) is 2. The summed E-state index contributed by atoms with van der Waals surface area (Å²) in [7, 11) is 0. The summed E-state index contributed by atoms with van der Waals surface area (Å²) in [6.07, 6.45) is 2.93. The quantitative estimate of drug-likeness (QED) is 0.245. The first-order valence-electron chi connectivity index (χ1n) is 11.3. The molecule has 33 heavy (non-hydrogen) atoms. The Morgan fingerprint density at radius 2 is 1.73 bits per heavy atom. The van der Waals surface area contributed by atoms with E-state index in [2.05, 4.69) is 0 Å². The monoisotopic (exact) mass is 468 g/mol. The lowest BCUT2D eigenvalue weighted by Crippen LogP contribution is -2.41. The van der Waals surface area contributed by atoms with Gasteiger partial charge in [-0.3, -0.25) is 4.79 Å². The van der Waals surface area contributed by atoms with Gasteiger partial charge < -0.3 is 9.47 Å². The van der Waals surface area contributed by atoms with Gasteiger partial charge in [0.25, 0.3) is 0 Å². The Morgan fingerprint density at radius 1 is 1.09 bits per heavy atom. The Labute approximate surface area is 194 Å². The van der Waals surface area contributed by atoms with Crippen molar-refractivity contribution in [2.24, 2.45) is 11.8 Å². The van der Waals surface area contributed by atoms with Crippen molar-refractivity contribution in [2.75, 3.05) is 0 Å². The fourth-order valence-electron chi connectivity index (χ4n) is 3.93. The van der Waals surface area contributed by atoms with Gasteiger partial charge in [-0.2, -0.15) is 13.2 Å². The molecule has 0 fully saturated rings. The highest BCUT2D eigenvalue weighted by molar-refractivity contribution is 5.92. The van der Waals surface area contributed by atoms with Gasteiger partial charge in [0.15, 0.2) is 11.4 Å². The van der Waals surface area contributed by atoms with Gasteiger partial charge in [0, 0.05) is 11.5 Å². The predicted molar refractivity (Wildman–Crippen MR) is 121 cm³/mol. The van der Waals surface area contributed by atoms with Crippen LogP contribution in [0.3, 0.4) is 0 Å². The van der Waals surface area contributed by atoms with Crippen molar-refractivity contribution in [1.82, 2.24) is 0 Å². The molecule has 2 unspecified atom stereocenters. The third-order valence-electron chi connectivity index (χ3n) is 5.68. The van der Waals surface area contributed by atoms with Gasteiger partial charge in [-0.25, -0.2) is 4.79 Å². The molecule has 2 aliphatic rings. The van der Waals surface area contributed by atoms with Crippen LogP contribution in [0.25, 0.3) is 0 Å². The van der Waals surface area contributed by atoms with Gasteiger partial charge in [0.05, 0.1) is 0 Å². The summed E-state index contributed by atoms with van der Waals surface area (Å²) in [4.78, 5) is 25.0. The van der Waals surface area contributed by atoms with Gasteiger partial charge in [-0.15, -0.1) is 0 Å². The number of esters is 1. The van der Waals surface area contributed by atoms with Crippen LogP contribution in [0.15, 0.2) is 46.8 Å². The van der Waals surface area contributed by atoms with E-state index in [1.54, 1.807) is 40.7 Å². The van der Waals surface area contributed by atoms with Crippen LogP contribution < -0.4 is 0 Å². The van der Waals surface area contributed by atoms with E-state index in [9.17, 15) is 22.8 Å². The molecule has 2 atom stereocenters. The van der Waals surface area contributed by atoms with Gasteiger partial charge in [-0.1, -0.05) is 18.2 Å². The van der Waals surface area contributed by atoms with Crippen molar-refractivity contribution < 1.29 is 32.2 Å². The molecule has 0 radical (unpaired) electrons. The largest absolute Gasteiger partial charge is 0.476 e. The van der Waals surface area contributed by atoms with Gasteiger partial charge in [0.2, 0.25) is 0 Å². The van der Waals surface area contributed by atoms with Crippen LogP contribution >= 0.6 is 0 Å². The number of allylic oxidation sites excluding steroid dienone is 7. The Bertz CT molecular complexity index is 895. The van der Waals surface area contributed by atoms with Crippen LogP contribution in [-0.4, -0.2) is 29.1 Å². The fourth-order valence-corrected chi connectivity index (χ4v) is 3.93. The molecule has 0 saturated carbocycles. The average Bonchev–Trinajstić information content (AvgIpc) is 2.67. The van der Waals surface area contributed by atoms with Gasteiger partial charge in [0.1, 0.15) is 11.4 Å². The zero-order valence-electron chi connectivity index (χ0n) is 20.6. The zero-order chi connectivity index (χ0) is 25.2. The van der Waals surface area contributed by atoms with Crippen molar-refractivity contribution in [3.8, 4) is 0 Å². The first-order valence-corrected chi connectivity index (χ1v) is 11.3. The first kappa shape index (κ1) is 26.9. The van der Waals surface area contributed by atoms with Crippen molar-refractivity contribution >= 4 is 11.8 Å². The van der Waals surface area contributed by atoms with Crippen LogP contribution in [0.4, 0.5) is 13.2 Å². The number of halogens is 3. The minimum Gasteiger partial charge on any atom is -0.476 e. The molecular formula is C26H35F3O4. The number of hydrogen-bond donors (Lipinski definition) is 0. The predicted octanol–water partition coefficient (Wildman–Crippen LogP) is 6.78. The van der Waals surface area contributed by atoms with Crippen molar-refractivity contribution in [3.05, 3.63) is 46.8 Å². The second-order valence-corrected chi connectivity index (χ2v) is 10.4. The number of alkyl halides is 3. The van der Waals surface area contributed by atoms with Gasteiger partial charge in [-0.05, 0) is 97.3 Å². The molecule has 0 aromatic heterocycles. The van der Waals surface area contributed by atoms with E-state index >= 15 is 0 Å². The van der Waals surface area contributed by atoms with Gasteiger partial charge >= 0.3 is 12.1 Å². The Kier molecular flexibility index (Phi) is 8.08. The number of hydrogen-bond acceptors (Lipinski definition) is 4. The molecule has 2 rings (SSSR count). The first-order chi connectivity index (χ1) is 15.0. The van der Waals surface area contributed by atoms with E-state index in [4.69, 9.17) is 9.47 Å². The second kappa shape index (κ2) is 9.90. The second-order valence-electron chi connectivity index (χ2n) is 10.4. The van der Waals surface area contributed by atoms with E-state index in [-0.39, 0.29) is 31.0 Å². The highest BCUT2D eigenvalue weighted by atomic mass is 19.4. The molecule has 0 heterocycles. The maximum absolute atomic E-state index is 12.8. The lowest BCUT2D eigenvalue weighted by molar-refractivity contribution is -0.175. The summed E-state index contributed by atoms with van der Waals surface area (Å²) in [5, 5.41) is 0. The normalized spacial score (nSPS) is 22.7. The molecule has 0 aliphatic heterocycles. The van der Waals surface area contributed by atoms with Crippen LogP contribution in [0, 0.1) is 11.8 Å². The van der Waals surface area contributed by atoms with Crippen LogP contribution in [0.5, 0.6) is 0 Å². The highest BCUT2D eigenvalue weighted by Crippen LogP contribution is 2.36. The molecule has 0 saturated heterocycles. The lowest BCUT2D eigenvalue weighted by atomic mass is 9.85. The van der Waals surface area contributed by atoms with E-state index < -0.39 is 34.8 Å². The van der Waals surface area contributed by atoms with E-state index in [0.29, 0.717) is 12.2 Å². The summed E-state index contributed by atoms with van der Waals surface area (Å²) in [5.41, 5.74) is -0.522. The third-order valence-corrected chi connectivity index (χ3v) is 5.68. The summed E-state index contributed by atoms with van der Waals surface area (Å²) in [5.74, 6) is -0.403. The lowest BCUT2D eigenvalue weighted by Gasteiger charge is -2.32. The van der Waals surface area contributed by atoms with E-state index in [0.717, 1.165) is 17.2 Å².